The number of carbonyl (C=O) groups is 2. The molecule has 30 heavy (non-hydrogen) atoms. The van der Waals surface area contributed by atoms with Crippen molar-refractivity contribution < 1.29 is 19.4 Å². The third kappa shape index (κ3) is 20.4. The Kier molecular flexibility index (Phi) is 19.7. The molecule has 4 heteroatoms. The van der Waals surface area contributed by atoms with Crippen LogP contribution in [0.3, 0.4) is 0 Å². The Hall–Kier alpha value is -2.36. The highest BCUT2D eigenvalue weighted by Crippen LogP contribution is 2.11. The van der Waals surface area contributed by atoms with Gasteiger partial charge >= 0.3 is 11.9 Å². The Morgan fingerprint density at radius 3 is 1.77 bits per heavy atom. The first-order valence-electron chi connectivity index (χ1n) is 11.4. The standard InChI is InChI=1S/C18H32O4.C8H8/c1-2-3-4-5-6-7-8-9-10-11-12-13-16-22-18(21)15-14-17(19)20;1-2-8-6-4-3-5-7-8/h14-15H,2-13,16H2,1H3,(H,19,20);2-7H,1H2. The van der Waals surface area contributed by atoms with Crippen molar-refractivity contribution in [2.24, 2.45) is 0 Å². The minimum Gasteiger partial charge on any atom is -0.478 e. The molecule has 0 saturated heterocycles. The van der Waals surface area contributed by atoms with Crippen LogP contribution in [0.25, 0.3) is 6.08 Å². The Balaban J connectivity index is 0.000000867. The normalized spacial score (nSPS) is 10.3. The highest BCUT2D eigenvalue weighted by Gasteiger charge is 1.98. The average Bonchev–Trinajstić information content (AvgIpc) is 2.76. The summed E-state index contributed by atoms with van der Waals surface area (Å²) < 4.78 is 4.90. The largest absolute Gasteiger partial charge is 0.478 e. The Morgan fingerprint density at radius 2 is 1.33 bits per heavy atom. The fourth-order valence-electron chi connectivity index (χ4n) is 2.89. The zero-order valence-electron chi connectivity index (χ0n) is 18.7. The smallest absolute Gasteiger partial charge is 0.331 e. The van der Waals surface area contributed by atoms with Crippen LogP contribution in [0.1, 0.15) is 89.5 Å². The van der Waals surface area contributed by atoms with Crippen molar-refractivity contribution in [1.29, 1.82) is 0 Å². The number of carbonyl (C=O) groups excluding carboxylic acids is 1. The van der Waals surface area contributed by atoms with Crippen LogP contribution < -0.4 is 0 Å². The first-order valence-corrected chi connectivity index (χ1v) is 11.4. The lowest BCUT2D eigenvalue weighted by molar-refractivity contribution is -0.138. The van der Waals surface area contributed by atoms with E-state index in [0.717, 1.165) is 25.0 Å². The fourth-order valence-corrected chi connectivity index (χ4v) is 2.89. The van der Waals surface area contributed by atoms with Crippen LogP contribution in [-0.4, -0.2) is 23.7 Å². The molecule has 0 aliphatic carbocycles. The molecule has 168 valence electrons. The molecule has 1 aromatic carbocycles. The van der Waals surface area contributed by atoms with Gasteiger partial charge in [0.25, 0.3) is 0 Å². The highest BCUT2D eigenvalue weighted by molar-refractivity contribution is 5.90. The van der Waals surface area contributed by atoms with Crippen molar-refractivity contribution >= 4 is 18.0 Å². The molecule has 0 aliphatic heterocycles. The third-order valence-corrected chi connectivity index (χ3v) is 4.64. The molecule has 0 saturated carbocycles. The van der Waals surface area contributed by atoms with Gasteiger partial charge in [-0.15, -0.1) is 0 Å². The molecule has 1 aromatic rings. The maximum atomic E-state index is 11.1. The number of ether oxygens (including phenoxy) is 1. The summed E-state index contributed by atoms with van der Waals surface area (Å²) in [6.07, 6.45) is 18.7. The quantitative estimate of drug-likeness (QED) is 0.176. The fraction of sp³-hybridized carbons (Fsp3) is 0.538. The van der Waals surface area contributed by atoms with Crippen molar-refractivity contribution in [3.05, 3.63) is 54.6 Å². The number of esters is 1. The van der Waals surface area contributed by atoms with Crippen LogP contribution in [0.15, 0.2) is 49.1 Å². The molecule has 0 atom stereocenters. The summed E-state index contributed by atoms with van der Waals surface area (Å²) in [5, 5.41) is 8.35. The van der Waals surface area contributed by atoms with Crippen LogP contribution >= 0.6 is 0 Å². The third-order valence-electron chi connectivity index (χ3n) is 4.64. The lowest BCUT2D eigenvalue weighted by Crippen LogP contribution is -2.03. The molecule has 4 nitrogen and oxygen atoms in total. The summed E-state index contributed by atoms with van der Waals surface area (Å²) in [5.41, 5.74) is 1.17. The van der Waals surface area contributed by atoms with Crippen molar-refractivity contribution in [3.8, 4) is 0 Å². The Bertz CT molecular complexity index is 578. The second-order valence-electron chi connectivity index (χ2n) is 7.34. The van der Waals surface area contributed by atoms with Gasteiger partial charge in [-0.05, 0) is 12.0 Å². The van der Waals surface area contributed by atoms with Crippen LogP contribution in [-0.2, 0) is 14.3 Å². The molecule has 0 bridgehead atoms. The molecule has 1 rings (SSSR count). The van der Waals surface area contributed by atoms with Gasteiger partial charge in [0.05, 0.1) is 6.61 Å². The molecule has 0 spiro atoms. The average molecular weight is 417 g/mol. The Morgan fingerprint density at radius 1 is 0.833 bits per heavy atom. The predicted molar refractivity (Wildman–Crippen MR) is 125 cm³/mol. The van der Waals surface area contributed by atoms with Gasteiger partial charge in [0.2, 0.25) is 0 Å². The summed E-state index contributed by atoms with van der Waals surface area (Å²) in [6, 6.07) is 10.0. The molecular formula is C26H40O4. The molecular weight excluding hydrogens is 376 g/mol. The number of carboxylic acid groups (broad SMARTS) is 1. The van der Waals surface area contributed by atoms with E-state index in [-0.39, 0.29) is 0 Å². The molecule has 0 fully saturated rings. The lowest BCUT2D eigenvalue weighted by Gasteiger charge is -2.03. The van der Waals surface area contributed by atoms with E-state index in [0.29, 0.717) is 6.61 Å². The minimum absolute atomic E-state index is 0.375. The summed E-state index contributed by atoms with van der Waals surface area (Å²) >= 11 is 0. The Labute approximate surface area is 183 Å². The number of carboxylic acids is 1. The lowest BCUT2D eigenvalue weighted by atomic mass is 10.1. The molecule has 0 heterocycles. The van der Waals surface area contributed by atoms with Gasteiger partial charge < -0.3 is 9.84 Å². The van der Waals surface area contributed by atoms with E-state index >= 15 is 0 Å². The van der Waals surface area contributed by atoms with E-state index in [1.165, 1.54) is 69.8 Å². The van der Waals surface area contributed by atoms with Gasteiger partial charge in [-0.1, -0.05) is 121 Å². The van der Waals surface area contributed by atoms with Crippen LogP contribution in [0.2, 0.25) is 0 Å². The van der Waals surface area contributed by atoms with Crippen LogP contribution in [0.4, 0.5) is 0 Å². The zero-order chi connectivity index (χ0) is 22.3. The number of hydrogen-bond donors (Lipinski definition) is 1. The van der Waals surface area contributed by atoms with E-state index in [1.807, 2.05) is 36.4 Å². The van der Waals surface area contributed by atoms with Gasteiger partial charge in [0, 0.05) is 12.2 Å². The van der Waals surface area contributed by atoms with Gasteiger partial charge in [0.15, 0.2) is 0 Å². The number of unbranched alkanes of at least 4 members (excludes halogenated alkanes) is 11. The number of hydrogen-bond acceptors (Lipinski definition) is 3. The SMILES string of the molecule is C=Cc1ccccc1.CCCCCCCCCCCCCCOC(=O)C=CC(=O)O. The van der Waals surface area contributed by atoms with Crippen molar-refractivity contribution in [2.75, 3.05) is 6.61 Å². The molecule has 0 aliphatic rings. The van der Waals surface area contributed by atoms with Crippen molar-refractivity contribution in [3.63, 3.8) is 0 Å². The highest BCUT2D eigenvalue weighted by atomic mass is 16.5. The first-order chi connectivity index (χ1) is 14.6. The number of benzene rings is 1. The van der Waals surface area contributed by atoms with Crippen LogP contribution in [0.5, 0.6) is 0 Å². The monoisotopic (exact) mass is 416 g/mol. The van der Waals surface area contributed by atoms with E-state index in [1.54, 1.807) is 0 Å². The maximum absolute atomic E-state index is 11.1. The van der Waals surface area contributed by atoms with Crippen molar-refractivity contribution in [2.45, 2.75) is 84.0 Å². The molecule has 0 aromatic heterocycles. The maximum Gasteiger partial charge on any atom is 0.331 e. The van der Waals surface area contributed by atoms with Crippen LogP contribution in [0, 0.1) is 0 Å². The van der Waals surface area contributed by atoms with Crippen molar-refractivity contribution in [1.82, 2.24) is 0 Å². The summed E-state index contributed by atoms with van der Waals surface area (Å²) in [6.45, 7) is 6.25. The summed E-state index contributed by atoms with van der Waals surface area (Å²) in [5.74, 6) is -1.72. The molecule has 0 amide bonds. The van der Waals surface area contributed by atoms with Gasteiger partial charge in [0.1, 0.15) is 0 Å². The molecule has 0 radical (unpaired) electrons. The van der Waals surface area contributed by atoms with E-state index < -0.39 is 11.9 Å². The minimum atomic E-state index is -1.14. The number of rotatable bonds is 16. The second-order valence-corrected chi connectivity index (χ2v) is 7.34. The molecule has 0 unspecified atom stereocenters. The predicted octanol–water partition coefficient (Wildman–Crippen LogP) is 7.20. The molecule has 1 N–H and O–H groups in total. The van der Waals surface area contributed by atoms with Gasteiger partial charge in [-0.2, -0.15) is 0 Å². The number of aliphatic carboxylic acids is 1. The second kappa shape index (κ2) is 21.4. The van der Waals surface area contributed by atoms with E-state index in [4.69, 9.17) is 9.84 Å². The topological polar surface area (TPSA) is 63.6 Å². The summed E-state index contributed by atoms with van der Waals surface area (Å²) in [4.78, 5) is 21.3. The summed E-state index contributed by atoms with van der Waals surface area (Å²) in [7, 11) is 0. The van der Waals surface area contributed by atoms with Gasteiger partial charge in [-0.25, -0.2) is 9.59 Å². The van der Waals surface area contributed by atoms with E-state index in [9.17, 15) is 9.59 Å². The zero-order valence-corrected chi connectivity index (χ0v) is 18.7. The first kappa shape index (κ1) is 27.6. The van der Waals surface area contributed by atoms with E-state index in [2.05, 4.69) is 13.5 Å². The van der Waals surface area contributed by atoms with Gasteiger partial charge in [-0.3, -0.25) is 0 Å².